The quantitative estimate of drug-likeness (QED) is 0.577. The number of aromatic nitrogens is 3. The van der Waals surface area contributed by atoms with Gasteiger partial charge in [0, 0.05) is 19.2 Å². The van der Waals surface area contributed by atoms with Crippen LogP contribution >= 0.6 is 23.4 Å². The maximum Gasteiger partial charge on any atom is 0.191 e. The monoisotopic (exact) mass is 322 g/mol. The van der Waals surface area contributed by atoms with Gasteiger partial charge in [0.1, 0.15) is 12.4 Å². The van der Waals surface area contributed by atoms with Crippen LogP contribution in [0.25, 0.3) is 0 Å². The molecule has 1 aromatic heterocycles. The van der Waals surface area contributed by atoms with Crippen LogP contribution in [-0.2, 0) is 13.7 Å². The standard InChI is InChI=1S/C14H15ClN4OS/c1-19-13(10-20-12-7-3-2-6-11(12)15)17-18-14(19)21-9-5-4-8-16/h2-3,6-7H,4-5,9-10H2,1H3. The number of hydrogen-bond donors (Lipinski definition) is 0. The molecule has 0 unspecified atom stereocenters. The summed E-state index contributed by atoms with van der Waals surface area (Å²) in [6, 6.07) is 9.45. The lowest BCUT2D eigenvalue weighted by atomic mass is 10.3. The van der Waals surface area contributed by atoms with Crippen LogP contribution in [0.4, 0.5) is 0 Å². The Kier molecular flexibility index (Phi) is 5.90. The van der Waals surface area contributed by atoms with Gasteiger partial charge >= 0.3 is 0 Å². The number of thioether (sulfide) groups is 1. The fourth-order valence-corrected chi connectivity index (χ4v) is 2.67. The Morgan fingerprint density at radius 2 is 2.19 bits per heavy atom. The van der Waals surface area contributed by atoms with Gasteiger partial charge in [0.05, 0.1) is 11.1 Å². The van der Waals surface area contributed by atoms with E-state index in [1.165, 1.54) is 0 Å². The highest BCUT2D eigenvalue weighted by molar-refractivity contribution is 7.99. The molecular weight excluding hydrogens is 308 g/mol. The highest BCUT2D eigenvalue weighted by atomic mass is 35.5. The molecule has 0 saturated carbocycles. The zero-order valence-corrected chi connectivity index (χ0v) is 13.2. The Bertz CT molecular complexity index is 638. The molecule has 2 rings (SSSR count). The van der Waals surface area contributed by atoms with Crippen molar-refractivity contribution in [2.45, 2.75) is 24.6 Å². The fourth-order valence-electron chi connectivity index (χ4n) is 1.62. The van der Waals surface area contributed by atoms with E-state index in [0.717, 1.165) is 23.2 Å². The summed E-state index contributed by atoms with van der Waals surface area (Å²) in [5.74, 6) is 2.22. The minimum absolute atomic E-state index is 0.311. The third kappa shape index (κ3) is 4.38. The molecule has 0 bridgehead atoms. The van der Waals surface area contributed by atoms with Crippen molar-refractivity contribution in [3.05, 3.63) is 35.1 Å². The molecule has 0 aliphatic heterocycles. The SMILES string of the molecule is Cn1c(COc2ccccc2Cl)nnc1SCCCC#N. The third-order valence-corrected chi connectivity index (χ3v) is 4.20. The Hall–Kier alpha value is -1.71. The summed E-state index contributed by atoms with van der Waals surface area (Å²) in [6.07, 6.45) is 1.41. The van der Waals surface area contributed by atoms with Gasteiger partial charge in [-0.2, -0.15) is 5.26 Å². The van der Waals surface area contributed by atoms with Crippen molar-refractivity contribution in [2.75, 3.05) is 5.75 Å². The maximum absolute atomic E-state index is 8.50. The molecule has 21 heavy (non-hydrogen) atoms. The van der Waals surface area contributed by atoms with E-state index in [0.29, 0.717) is 23.8 Å². The topological polar surface area (TPSA) is 63.7 Å². The Balaban J connectivity index is 1.91. The highest BCUT2D eigenvalue weighted by Gasteiger charge is 2.10. The molecule has 5 nitrogen and oxygen atoms in total. The van der Waals surface area contributed by atoms with Gasteiger partial charge in [-0.25, -0.2) is 0 Å². The molecule has 0 aliphatic rings. The van der Waals surface area contributed by atoms with Gasteiger partial charge in [-0.05, 0) is 18.6 Å². The average Bonchev–Trinajstić information content (AvgIpc) is 2.84. The molecule has 0 spiro atoms. The van der Waals surface area contributed by atoms with Gasteiger partial charge in [-0.3, -0.25) is 0 Å². The minimum Gasteiger partial charge on any atom is -0.484 e. The van der Waals surface area contributed by atoms with Crippen LogP contribution < -0.4 is 4.74 Å². The molecule has 1 aromatic carbocycles. The number of benzene rings is 1. The summed E-state index contributed by atoms with van der Waals surface area (Å²) in [4.78, 5) is 0. The summed E-state index contributed by atoms with van der Waals surface area (Å²) >= 11 is 7.62. The predicted octanol–water partition coefficient (Wildman–Crippen LogP) is 3.44. The lowest BCUT2D eigenvalue weighted by Gasteiger charge is -2.07. The zero-order valence-electron chi connectivity index (χ0n) is 11.6. The first kappa shape index (κ1) is 15.7. The molecule has 0 fully saturated rings. The molecule has 0 aliphatic carbocycles. The van der Waals surface area contributed by atoms with Crippen LogP contribution in [0.1, 0.15) is 18.7 Å². The predicted molar refractivity (Wildman–Crippen MR) is 82.4 cm³/mol. The molecular formula is C14H15ClN4OS. The first-order valence-corrected chi connectivity index (χ1v) is 7.84. The van der Waals surface area contributed by atoms with Gasteiger partial charge in [0.2, 0.25) is 0 Å². The first-order chi connectivity index (χ1) is 10.2. The lowest BCUT2D eigenvalue weighted by molar-refractivity contribution is 0.290. The largest absolute Gasteiger partial charge is 0.484 e. The molecule has 0 N–H and O–H groups in total. The van der Waals surface area contributed by atoms with Crippen molar-refractivity contribution in [3.63, 3.8) is 0 Å². The summed E-state index contributed by atoms with van der Waals surface area (Å²) in [5, 5.41) is 18.1. The van der Waals surface area contributed by atoms with Crippen molar-refractivity contribution in [3.8, 4) is 11.8 Å². The second-order valence-electron chi connectivity index (χ2n) is 4.29. The molecule has 0 amide bonds. The van der Waals surface area contributed by atoms with Gasteiger partial charge < -0.3 is 9.30 Å². The smallest absolute Gasteiger partial charge is 0.191 e. The van der Waals surface area contributed by atoms with Crippen LogP contribution in [-0.4, -0.2) is 20.5 Å². The number of nitrogens with zero attached hydrogens (tertiary/aromatic N) is 4. The molecule has 0 saturated heterocycles. The Labute approximate surface area is 132 Å². The van der Waals surface area contributed by atoms with Crippen LogP contribution in [0.15, 0.2) is 29.4 Å². The van der Waals surface area contributed by atoms with Crippen molar-refractivity contribution >= 4 is 23.4 Å². The van der Waals surface area contributed by atoms with Crippen molar-refractivity contribution < 1.29 is 4.74 Å². The van der Waals surface area contributed by atoms with Crippen LogP contribution in [0.5, 0.6) is 5.75 Å². The average molecular weight is 323 g/mol. The summed E-state index contributed by atoms with van der Waals surface area (Å²) < 4.78 is 7.55. The number of hydrogen-bond acceptors (Lipinski definition) is 5. The van der Waals surface area contributed by atoms with Crippen LogP contribution in [0.2, 0.25) is 5.02 Å². The Morgan fingerprint density at radius 3 is 2.95 bits per heavy atom. The number of ether oxygens (including phenoxy) is 1. The first-order valence-electron chi connectivity index (χ1n) is 6.47. The fraction of sp³-hybridized carbons (Fsp3) is 0.357. The molecule has 7 heteroatoms. The number of nitriles is 1. The minimum atomic E-state index is 0.311. The zero-order chi connectivity index (χ0) is 15.1. The summed E-state index contributed by atoms with van der Waals surface area (Å²) in [7, 11) is 1.90. The van der Waals surface area contributed by atoms with E-state index >= 15 is 0 Å². The highest BCUT2D eigenvalue weighted by Crippen LogP contribution is 2.24. The second-order valence-corrected chi connectivity index (χ2v) is 5.76. The van der Waals surface area contributed by atoms with Crippen LogP contribution in [0.3, 0.4) is 0 Å². The van der Waals surface area contributed by atoms with Crippen molar-refractivity contribution in [2.24, 2.45) is 7.05 Å². The second kappa shape index (κ2) is 7.91. The molecule has 0 radical (unpaired) electrons. The maximum atomic E-state index is 8.50. The van der Waals surface area contributed by atoms with E-state index in [1.807, 2.05) is 29.8 Å². The molecule has 2 aromatic rings. The van der Waals surface area contributed by atoms with Gasteiger partial charge in [0.15, 0.2) is 11.0 Å². The van der Waals surface area contributed by atoms with Gasteiger partial charge in [0.25, 0.3) is 0 Å². The van der Waals surface area contributed by atoms with E-state index in [2.05, 4.69) is 16.3 Å². The third-order valence-electron chi connectivity index (χ3n) is 2.78. The number of para-hydroxylation sites is 1. The summed E-state index contributed by atoms with van der Waals surface area (Å²) in [5.41, 5.74) is 0. The van der Waals surface area contributed by atoms with E-state index in [9.17, 15) is 0 Å². The van der Waals surface area contributed by atoms with Gasteiger partial charge in [-0.1, -0.05) is 35.5 Å². The van der Waals surface area contributed by atoms with Gasteiger partial charge in [-0.15, -0.1) is 10.2 Å². The lowest BCUT2D eigenvalue weighted by Crippen LogP contribution is -2.04. The van der Waals surface area contributed by atoms with E-state index < -0.39 is 0 Å². The molecule has 1 heterocycles. The normalized spacial score (nSPS) is 10.3. The molecule has 110 valence electrons. The van der Waals surface area contributed by atoms with Crippen LogP contribution in [0, 0.1) is 11.3 Å². The number of rotatable bonds is 7. The molecule has 0 atom stereocenters. The number of halogens is 1. The summed E-state index contributed by atoms with van der Waals surface area (Å²) in [6.45, 7) is 0.311. The van der Waals surface area contributed by atoms with E-state index in [4.69, 9.17) is 21.6 Å². The van der Waals surface area contributed by atoms with E-state index in [-0.39, 0.29) is 0 Å². The Morgan fingerprint density at radius 1 is 1.38 bits per heavy atom. The van der Waals surface area contributed by atoms with Crippen molar-refractivity contribution in [1.82, 2.24) is 14.8 Å². The number of unbranched alkanes of at least 4 members (excludes halogenated alkanes) is 1. The van der Waals surface area contributed by atoms with E-state index in [1.54, 1.807) is 17.8 Å². The van der Waals surface area contributed by atoms with Crippen molar-refractivity contribution in [1.29, 1.82) is 5.26 Å².